The Morgan fingerprint density at radius 2 is 1.24 bits per heavy atom. The number of amides is 1. The maximum absolute atomic E-state index is 13.2. The minimum absolute atomic E-state index is 0.0513. The van der Waals surface area contributed by atoms with E-state index in [0.29, 0.717) is 34.9 Å². The van der Waals surface area contributed by atoms with Crippen LogP contribution in [0, 0.1) is 0 Å². The standard InChI is InChI=1S/C25H23N3O4S/c29-24(26-14-16-27(17-15-26)33(31,32)19-8-2-1-3-9-19)18-28-22-12-6-4-10-20(22)25(30)21-11-5-7-13-23(21)28/h1-13H,14-18H2. The summed E-state index contributed by atoms with van der Waals surface area (Å²) in [6.07, 6.45) is 0. The lowest BCUT2D eigenvalue weighted by molar-refractivity contribution is -0.132. The number of pyridine rings is 1. The smallest absolute Gasteiger partial charge is 0.243 e. The fraction of sp³-hybridized carbons (Fsp3) is 0.200. The van der Waals surface area contributed by atoms with E-state index in [0.717, 1.165) is 0 Å². The van der Waals surface area contributed by atoms with E-state index in [9.17, 15) is 18.0 Å². The number of sulfonamides is 1. The molecule has 3 aromatic carbocycles. The first-order valence-corrected chi connectivity index (χ1v) is 12.2. The van der Waals surface area contributed by atoms with Gasteiger partial charge in [0.1, 0.15) is 6.54 Å². The zero-order valence-electron chi connectivity index (χ0n) is 17.9. The minimum atomic E-state index is -3.58. The monoisotopic (exact) mass is 461 g/mol. The van der Waals surface area contributed by atoms with Gasteiger partial charge in [-0.25, -0.2) is 8.42 Å². The largest absolute Gasteiger partial charge is 0.339 e. The van der Waals surface area contributed by atoms with Gasteiger partial charge in [0.2, 0.25) is 15.9 Å². The molecule has 1 aliphatic rings. The van der Waals surface area contributed by atoms with Crippen molar-refractivity contribution in [1.29, 1.82) is 0 Å². The van der Waals surface area contributed by atoms with E-state index in [1.54, 1.807) is 47.4 Å². The Morgan fingerprint density at radius 3 is 1.82 bits per heavy atom. The van der Waals surface area contributed by atoms with Gasteiger partial charge in [0.25, 0.3) is 0 Å². The van der Waals surface area contributed by atoms with Crippen molar-refractivity contribution in [3.63, 3.8) is 0 Å². The molecule has 0 unspecified atom stereocenters. The first-order chi connectivity index (χ1) is 16.0. The molecule has 1 saturated heterocycles. The Labute approximate surface area is 191 Å². The summed E-state index contributed by atoms with van der Waals surface area (Å²) in [7, 11) is -3.58. The van der Waals surface area contributed by atoms with E-state index in [4.69, 9.17) is 0 Å². The van der Waals surface area contributed by atoms with Crippen LogP contribution >= 0.6 is 0 Å². The van der Waals surface area contributed by atoms with Crippen LogP contribution < -0.4 is 5.43 Å². The number of para-hydroxylation sites is 2. The Bertz CT molecular complexity index is 1450. The summed E-state index contributed by atoms with van der Waals surface area (Å²) in [6.45, 7) is 1.21. The number of rotatable bonds is 4. The second-order valence-electron chi connectivity index (χ2n) is 8.05. The van der Waals surface area contributed by atoms with Crippen LogP contribution in [-0.4, -0.2) is 54.3 Å². The molecule has 8 heteroatoms. The minimum Gasteiger partial charge on any atom is -0.339 e. The number of nitrogens with zero attached hydrogens (tertiary/aromatic N) is 3. The highest BCUT2D eigenvalue weighted by Gasteiger charge is 2.30. The van der Waals surface area contributed by atoms with Gasteiger partial charge in [0.15, 0.2) is 5.43 Å². The summed E-state index contributed by atoms with van der Waals surface area (Å²) in [4.78, 5) is 28.1. The topological polar surface area (TPSA) is 79.7 Å². The van der Waals surface area contributed by atoms with Crippen molar-refractivity contribution in [2.75, 3.05) is 26.2 Å². The third kappa shape index (κ3) is 3.81. The Hall–Kier alpha value is -3.49. The maximum atomic E-state index is 13.2. The number of carbonyl (C=O) groups is 1. The number of hydrogen-bond acceptors (Lipinski definition) is 4. The summed E-state index contributed by atoms with van der Waals surface area (Å²) in [5.41, 5.74) is 1.37. The van der Waals surface area contributed by atoms with Crippen LogP contribution in [0.3, 0.4) is 0 Å². The molecule has 7 nitrogen and oxygen atoms in total. The van der Waals surface area contributed by atoms with Crippen LogP contribution in [0.15, 0.2) is 88.6 Å². The molecule has 4 aromatic rings. The normalized spacial score (nSPS) is 15.2. The zero-order valence-corrected chi connectivity index (χ0v) is 18.7. The van der Waals surface area contributed by atoms with Crippen LogP contribution in [0.5, 0.6) is 0 Å². The average molecular weight is 462 g/mol. The third-order valence-corrected chi connectivity index (χ3v) is 8.06. The molecule has 1 aliphatic heterocycles. The lowest BCUT2D eigenvalue weighted by Gasteiger charge is -2.34. The van der Waals surface area contributed by atoms with Gasteiger partial charge in [0, 0.05) is 37.0 Å². The van der Waals surface area contributed by atoms with E-state index in [1.165, 1.54) is 4.31 Å². The Kier molecular flexibility index (Phi) is 5.47. The quantitative estimate of drug-likeness (QED) is 0.438. The molecule has 0 spiro atoms. The highest BCUT2D eigenvalue weighted by molar-refractivity contribution is 7.89. The molecule has 1 fully saturated rings. The van der Waals surface area contributed by atoms with E-state index >= 15 is 0 Å². The molecule has 0 radical (unpaired) electrons. The van der Waals surface area contributed by atoms with E-state index in [1.807, 2.05) is 41.0 Å². The van der Waals surface area contributed by atoms with Crippen LogP contribution in [0.4, 0.5) is 0 Å². The van der Waals surface area contributed by atoms with Crippen LogP contribution in [0.25, 0.3) is 21.8 Å². The lowest BCUT2D eigenvalue weighted by Crippen LogP contribution is -2.51. The van der Waals surface area contributed by atoms with Gasteiger partial charge in [-0.3, -0.25) is 9.59 Å². The van der Waals surface area contributed by atoms with Crippen molar-refractivity contribution in [2.45, 2.75) is 11.4 Å². The molecule has 168 valence electrons. The van der Waals surface area contributed by atoms with Gasteiger partial charge in [-0.15, -0.1) is 0 Å². The Balaban J connectivity index is 1.39. The first-order valence-electron chi connectivity index (χ1n) is 10.8. The summed E-state index contributed by atoms with van der Waals surface area (Å²) in [5, 5.41) is 1.14. The van der Waals surface area contributed by atoms with Crippen molar-refractivity contribution < 1.29 is 13.2 Å². The molecule has 5 rings (SSSR count). The molecule has 33 heavy (non-hydrogen) atoms. The lowest BCUT2D eigenvalue weighted by atomic mass is 10.1. The Morgan fingerprint density at radius 1 is 0.727 bits per heavy atom. The fourth-order valence-electron chi connectivity index (χ4n) is 4.40. The van der Waals surface area contributed by atoms with Crippen molar-refractivity contribution in [3.8, 4) is 0 Å². The molecule has 0 saturated carbocycles. The predicted octanol–water partition coefficient (Wildman–Crippen LogP) is 2.69. The molecule has 0 bridgehead atoms. The van der Waals surface area contributed by atoms with Crippen molar-refractivity contribution in [1.82, 2.24) is 13.8 Å². The number of piperazine rings is 1. The average Bonchev–Trinajstić information content (AvgIpc) is 2.87. The van der Waals surface area contributed by atoms with Crippen LogP contribution in [0.2, 0.25) is 0 Å². The van der Waals surface area contributed by atoms with Gasteiger partial charge in [0.05, 0.1) is 15.9 Å². The molecular formula is C25H23N3O4S. The number of carbonyl (C=O) groups excluding carboxylic acids is 1. The summed E-state index contributed by atoms with van der Waals surface area (Å²) in [5.74, 6) is -0.106. The molecular weight excluding hydrogens is 438 g/mol. The predicted molar refractivity (Wildman–Crippen MR) is 127 cm³/mol. The van der Waals surface area contributed by atoms with Gasteiger partial charge in [-0.1, -0.05) is 42.5 Å². The number of aromatic nitrogens is 1. The molecule has 2 heterocycles. The van der Waals surface area contributed by atoms with Crippen molar-refractivity contribution in [3.05, 3.63) is 89.1 Å². The summed E-state index contributed by atoms with van der Waals surface area (Å²) < 4.78 is 29.0. The van der Waals surface area contributed by atoms with Gasteiger partial charge >= 0.3 is 0 Å². The van der Waals surface area contributed by atoms with Gasteiger partial charge < -0.3 is 9.47 Å². The van der Waals surface area contributed by atoms with Crippen molar-refractivity contribution in [2.24, 2.45) is 0 Å². The van der Waals surface area contributed by atoms with E-state index in [-0.39, 0.29) is 35.9 Å². The van der Waals surface area contributed by atoms with Gasteiger partial charge in [-0.2, -0.15) is 4.31 Å². The molecule has 1 aromatic heterocycles. The molecule has 0 atom stereocenters. The summed E-state index contributed by atoms with van der Waals surface area (Å²) in [6, 6.07) is 22.9. The highest BCUT2D eigenvalue weighted by atomic mass is 32.2. The highest BCUT2D eigenvalue weighted by Crippen LogP contribution is 2.21. The van der Waals surface area contributed by atoms with Gasteiger partial charge in [-0.05, 0) is 36.4 Å². The first kappa shape index (κ1) is 21.4. The number of fused-ring (bicyclic) bond motifs is 2. The third-order valence-electron chi connectivity index (χ3n) is 6.14. The summed E-state index contributed by atoms with van der Waals surface area (Å²) >= 11 is 0. The van der Waals surface area contributed by atoms with Crippen molar-refractivity contribution >= 4 is 37.7 Å². The fourth-order valence-corrected chi connectivity index (χ4v) is 5.85. The van der Waals surface area contributed by atoms with Crippen LogP contribution in [0.1, 0.15) is 0 Å². The second kappa shape index (κ2) is 8.46. The molecule has 1 amide bonds. The van der Waals surface area contributed by atoms with E-state index in [2.05, 4.69) is 0 Å². The SMILES string of the molecule is O=C(Cn1c2ccccc2c(=O)c2ccccc21)N1CCN(S(=O)(=O)c2ccccc2)CC1. The van der Waals surface area contributed by atoms with E-state index < -0.39 is 10.0 Å². The number of benzene rings is 3. The maximum Gasteiger partial charge on any atom is 0.243 e. The molecule has 0 N–H and O–H groups in total. The zero-order chi connectivity index (χ0) is 23.0. The number of hydrogen-bond donors (Lipinski definition) is 0. The van der Waals surface area contributed by atoms with Crippen LogP contribution in [-0.2, 0) is 21.4 Å². The second-order valence-corrected chi connectivity index (χ2v) is 9.99. The molecule has 0 aliphatic carbocycles.